The molecule has 0 spiro atoms. The van der Waals surface area contributed by atoms with Gasteiger partial charge >= 0.3 is 0 Å². The van der Waals surface area contributed by atoms with Crippen LogP contribution in [0.4, 0.5) is 0 Å². The van der Waals surface area contributed by atoms with E-state index in [-0.39, 0.29) is 11.6 Å². The molecule has 5 aromatic rings. The molecule has 2 nitrogen and oxygen atoms in total. The molecule has 0 aromatic heterocycles. The van der Waals surface area contributed by atoms with Crippen LogP contribution in [-0.2, 0) is 0 Å². The highest BCUT2D eigenvalue weighted by Gasteiger charge is 2.27. The zero-order chi connectivity index (χ0) is 23.3. The maximum Gasteiger partial charge on any atom is 0.194 e. The van der Waals surface area contributed by atoms with Gasteiger partial charge in [-0.1, -0.05) is 133 Å². The Morgan fingerprint density at radius 3 is 0.971 bits per heavy atom. The van der Waals surface area contributed by atoms with Crippen LogP contribution >= 0.6 is 0 Å². The summed E-state index contributed by atoms with van der Waals surface area (Å²) in [5.41, 5.74) is 5.22. The fourth-order valence-electron chi connectivity index (χ4n) is 4.26. The Morgan fingerprint density at radius 1 is 0.353 bits per heavy atom. The molecule has 162 valence electrons. The van der Waals surface area contributed by atoms with Crippen LogP contribution in [0.1, 0.15) is 31.8 Å². The summed E-state index contributed by atoms with van der Waals surface area (Å²) in [5, 5.41) is 0. The molecular weight excluding hydrogens is 416 g/mol. The molecule has 2 heteroatoms. The van der Waals surface area contributed by atoms with Gasteiger partial charge in [-0.3, -0.25) is 9.59 Å². The number of ketones is 2. The highest BCUT2D eigenvalue weighted by Crippen LogP contribution is 2.36. The zero-order valence-corrected chi connectivity index (χ0v) is 18.5. The summed E-state index contributed by atoms with van der Waals surface area (Å²) in [6.45, 7) is 0. The summed E-state index contributed by atoms with van der Waals surface area (Å²) in [5.74, 6) is -0.340. The standard InChI is InChI=1S/C32H22O2/c33-31(25-17-9-3-10-18-25)29-27(23-13-5-1-6-14-23)21-22-28(24-15-7-2-8-16-24)30(29)32(34)26-19-11-4-12-20-26/h1-22H. The third-order valence-electron chi connectivity index (χ3n) is 5.90. The van der Waals surface area contributed by atoms with Crippen LogP contribution in [0.2, 0.25) is 0 Å². The predicted octanol–water partition coefficient (Wildman–Crippen LogP) is 7.48. The van der Waals surface area contributed by atoms with E-state index in [1.807, 2.05) is 109 Å². The molecule has 0 aliphatic rings. The summed E-state index contributed by atoms with van der Waals surface area (Å²) in [7, 11) is 0. The van der Waals surface area contributed by atoms with Crippen molar-refractivity contribution in [1.82, 2.24) is 0 Å². The molecule has 0 saturated carbocycles. The molecule has 0 saturated heterocycles. The van der Waals surface area contributed by atoms with E-state index in [1.54, 1.807) is 24.3 Å². The molecule has 0 N–H and O–H groups in total. The molecule has 0 atom stereocenters. The van der Waals surface area contributed by atoms with Gasteiger partial charge in [-0.05, 0) is 22.3 Å². The van der Waals surface area contributed by atoms with Crippen molar-refractivity contribution < 1.29 is 9.59 Å². The number of carbonyl (C=O) groups is 2. The Morgan fingerprint density at radius 2 is 0.647 bits per heavy atom. The first-order chi connectivity index (χ1) is 16.7. The number of rotatable bonds is 6. The summed E-state index contributed by atoms with van der Waals surface area (Å²) in [4.78, 5) is 28.1. The highest BCUT2D eigenvalue weighted by molar-refractivity contribution is 6.24. The highest BCUT2D eigenvalue weighted by atomic mass is 16.1. The van der Waals surface area contributed by atoms with Gasteiger partial charge in [0, 0.05) is 22.3 Å². The van der Waals surface area contributed by atoms with E-state index in [0.717, 1.165) is 22.3 Å². The summed E-state index contributed by atoms with van der Waals surface area (Å²) < 4.78 is 0. The Balaban J connectivity index is 1.86. The number of hydrogen-bond donors (Lipinski definition) is 0. The maximum absolute atomic E-state index is 14.0. The van der Waals surface area contributed by atoms with Gasteiger partial charge in [0.25, 0.3) is 0 Å². The van der Waals surface area contributed by atoms with Crippen molar-refractivity contribution >= 4 is 11.6 Å². The van der Waals surface area contributed by atoms with Gasteiger partial charge in [-0.25, -0.2) is 0 Å². The number of benzene rings is 5. The van der Waals surface area contributed by atoms with Crippen molar-refractivity contribution in [1.29, 1.82) is 0 Å². The van der Waals surface area contributed by atoms with E-state index in [1.165, 1.54) is 0 Å². The second kappa shape index (κ2) is 9.51. The first kappa shape index (κ1) is 21.3. The SMILES string of the molecule is O=C(c1ccccc1)c1c(-c2ccccc2)ccc(-c2ccccc2)c1C(=O)c1ccccc1. The second-order valence-electron chi connectivity index (χ2n) is 8.03. The van der Waals surface area contributed by atoms with E-state index in [2.05, 4.69) is 0 Å². The van der Waals surface area contributed by atoms with Crippen molar-refractivity contribution in [3.8, 4) is 22.3 Å². The predicted molar refractivity (Wildman–Crippen MR) is 137 cm³/mol. The average Bonchev–Trinajstić information content (AvgIpc) is 2.93. The summed E-state index contributed by atoms with van der Waals surface area (Å²) in [6, 6.07) is 41.7. The van der Waals surface area contributed by atoms with Crippen molar-refractivity contribution in [2.75, 3.05) is 0 Å². The lowest BCUT2D eigenvalue weighted by Gasteiger charge is -2.18. The van der Waals surface area contributed by atoms with Crippen molar-refractivity contribution in [3.05, 3.63) is 156 Å². The van der Waals surface area contributed by atoms with Crippen LogP contribution in [0.5, 0.6) is 0 Å². The van der Waals surface area contributed by atoms with Gasteiger partial charge in [0.15, 0.2) is 11.6 Å². The molecule has 0 bridgehead atoms. The molecule has 0 aliphatic heterocycles. The Labute approximate surface area is 199 Å². The molecular formula is C32H22O2. The van der Waals surface area contributed by atoms with Crippen LogP contribution in [0.3, 0.4) is 0 Å². The van der Waals surface area contributed by atoms with Crippen LogP contribution in [0.15, 0.2) is 133 Å². The van der Waals surface area contributed by atoms with Gasteiger partial charge in [0.05, 0.1) is 0 Å². The quantitative estimate of drug-likeness (QED) is 0.258. The zero-order valence-electron chi connectivity index (χ0n) is 18.5. The molecule has 5 aromatic carbocycles. The Kier molecular flexibility index (Phi) is 5.96. The Hall–Kier alpha value is -4.56. The Bertz CT molecular complexity index is 1330. The van der Waals surface area contributed by atoms with Crippen LogP contribution in [-0.4, -0.2) is 11.6 Å². The van der Waals surface area contributed by atoms with Gasteiger partial charge in [-0.15, -0.1) is 0 Å². The number of hydrogen-bond acceptors (Lipinski definition) is 2. The molecule has 0 fully saturated rings. The fraction of sp³-hybridized carbons (Fsp3) is 0. The minimum atomic E-state index is -0.170. The molecule has 0 amide bonds. The van der Waals surface area contributed by atoms with Crippen LogP contribution < -0.4 is 0 Å². The molecule has 0 unspecified atom stereocenters. The van der Waals surface area contributed by atoms with Crippen LogP contribution in [0, 0.1) is 0 Å². The van der Waals surface area contributed by atoms with E-state index < -0.39 is 0 Å². The van der Waals surface area contributed by atoms with Gasteiger partial charge < -0.3 is 0 Å². The molecule has 0 radical (unpaired) electrons. The van der Waals surface area contributed by atoms with Gasteiger partial charge in [0.2, 0.25) is 0 Å². The maximum atomic E-state index is 14.0. The molecule has 0 heterocycles. The molecule has 0 aliphatic carbocycles. The normalized spacial score (nSPS) is 10.6. The third kappa shape index (κ3) is 4.10. The lowest BCUT2D eigenvalue weighted by molar-refractivity contribution is 0.100. The first-order valence-electron chi connectivity index (χ1n) is 11.2. The van der Waals surface area contributed by atoms with Crippen molar-refractivity contribution in [2.45, 2.75) is 0 Å². The first-order valence-corrected chi connectivity index (χ1v) is 11.2. The summed E-state index contributed by atoms with van der Waals surface area (Å²) >= 11 is 0. The monoisotopic (exact) mass is 438 g/mol. The van der Waals surface area contributed by atoms with E-state index in [9.17, 15) is 9.59 Å². The summed E-state index contributed by atoms with van der Waals surface area (Å²) in [6.07, 6.45) is 0. The van der Waals surface area contributed by atoms with E-state index >= 15 is 0 Å². The van der Waals surface area contributed by atoms with E-state index in [4.69, 9.17) is 0 Å². The van der Waals surface area contributed by atoms with Gasteiger partial charge in [0.1, 0.15) is 0 Å². The second-order valence-corrected chi connectivity index (χ2v) is 8.03. The topological polar surface area (TPSA) is 34.1 Å². The minimum absolute atomic E-state index is 0.170. The average molecular weight is 439 g/mol. The van der Waals surface area contributed by atoms with Crippen LogP contribution in [0.25, 0.3) is 22.3 Å². The largest absolute Gasteiger partial charge is 0.289 e. The fourth-order valence-corrected chi connectivity index (χ4v) is 4.26. The lowest BCUT2D eigenvalue weighted by Crippen LogP contribution is -2.14. The third-order valence-corrected chi connectivity index (χ3v) is 5.90. The van der Waals surface area contributed by atoms with E-state index in [0.29, 0.717) is 22.3 Å². The van der Waals surface area contributed by atoms with Crippen molar-refractivity contribution in [3.63, 3.8) is 0 Å². The van der Waals surface area contributed by atoms with Gasteiger partial charge in [-0.2, -0.15) is 0 Å². The molecule has 5 rings (SSSR count). The minimum Gasteiger partial charge on any atom is -0.289 e. The smallest absolute Gasteiger partial charge is 0.194 e. The molecule has 34 heavy (non-hydrogen) atoms. The van der Waals surface area contributed by atoms with Crippen molar-refractivity contribution in [2.24, 2.45) is 0 Å². The number of carbonyl (C=O) groups excluding carboxylic acids is 2. The lowest BCUT2D eigenvalue weighted by atomic mass is 9.82.